The van der Waals surface area contributed by atoms with Crippen LogP contribution in [0.1, 0.15) is 49.7 Å². The van der Waals surface area contributed by atoms with Crippen LogP contribution in [0.5, 0.6) is 0 Å². The molecule has 0 spiro atoms. The molecule has 2 aromatic heterocycles. The lowest BCUT2D eigenvalue weighted by molar-refractivity contribution is 0.109. The predicted octanol–water partition coefficient (Wildman–Crippen LogP) is 2.74. The maximum atomic E-state index is 5.46. The summed E-state index contributed by atoms with van der Waals surface area (Å²) in [5.41, 5.74) is 1.06. The molecule has 2 aromatic rings. The molecule has 1 N–H and O–H groups in total. The van der Waals surface area contributed by atoms with Gasteiger partial charge in [0.25, 0.3) is 0 Å². The highest BCUT2D eigenvalue weighted by Gasteiger charge is 2.23. The van der Waals surface area contributed by atoms with Crippen LogP contribution in [0.3, 0.4) is 0 Å². The summed E-state index contributed by atoms with van der Waals surface area (Å²) in [6, 6.07) is 6.51. The number of nitrogens with zero attached hydrogens (tertiary/aromatic N) is 4. The first-order chi connectivity index (χ1) is 12.3. The fraction of sp³-hybridized carbons (Fsp3) is 0.611. The number of ether oxygens (including phenoxy) is 1. The smallest absolute Gasteiger partial charge is 0.240 e. The van der Waals surface area contributed by atoms with Gasteiger partial charge in [-0.15, -0.1) is 12.4 Å². The van der Waals surface area contributed by atoms with Crippen molar-refractivity contribution in [2.45, 2.75) is 51.4 Å². The summed E-state index contributed by atoms with van der Waals surface area (Å²) in [5.74, 6) is 1.23. The van der Waals surface area contributed by atoms with Gasteiger partial charge in [-0.05, 0) is 51.4 Å². The standard InChI is InChI=1S/C18H27N5O2.ClH/c1-14(24-2)18-21-17(25-22-18)13-23(12-15-6-3-4-10-20-15)16-7-5-9-19-11-8-16;/h3-4,6,10,14,16,19H,5,7-9,11-13H2,1-2H3;1H. The number of pyridine rings is 1. The zero-order valence-corrected chi connectivity index (χ0v) is 16.2. The van der Waals surface area contributed by atoms with Crippen LogP contribution in [0.15, 0.2) is 28.9 Å². The van der Waals surface area contributed by atoms with Crippen molar-refractivity contribution in [3.8, 4) is 0 Å². The number of hydrogen-bond donors (Lipinski definition) is 1. The van der Waals surface area contributed by atoms with E-state index >= 15 is 0 Å². The molecule has 1 aliphatic heterocycles. The van der Waals surface area contributed by atoms with Gasteiger partial charge >= 0.3 is 0 Å². The van der Waals surface area contributed by atoms with Crippen molar-refractivity contribution in [1.29, 1.82) is 0 Å². The van der Waals surface area contributed by atoms with Crippen molar-refractivity contribution in [3.63, 3.8) is 0 Å². The normalized spacial score (nSPS) is 19.0. The molecule has 0 aliphatic carbocycles. The third-order valence-electron chi connectivity index (χ3n) is 4.69. The Bertz CT molecular complexity index is 632. The summed E-state index contributed by atoms with van der Waals surface area (Å²) in [6.45, 7) is 5.45. The fourth-order valence-electron chi connectivity index (χ4n) is 3.16. The van der Waals surface area contributed by atoms with Gasteiger partial charge in [0.1, 0.15) is 6.10 Å². The predicted molar refractivity (Wildman–Crippen MR) is 101 cm³/mol. The molecule has 26 heavy (non-hydrogen) atoms. The summed E-state index contributed by atoms with van der Waals surface area (Å²) in [7, 11) is 1.65. The third kappa shape index (κ3) is 5.74. The Morgan fingerprint density at radius 3 is 2.96 bits per heavy atom. The van der Waals surface area contributed by atoms with Crippen molar-refractivity contribution < 1.29 is 9.26 Å². The van der Waals surface area contributed by atoms with Crippen LogP contribution in [-0.4, -0.2) is 46.3 Å². The van der Waals surface area contributed by atoms with E-state index in [-0.39, 0.29) is 18.5 Å². The number of halogens is 1. The van der Waals surface area contributed by atoms with Gasteiger partial charge in [0, 0.05) is 25.9 Å². The van der Waals surface area contributed by atoms with Gasteiger partial charge in [0.05, 0.1) is 12.2 Å². The summed E-state index contributed by atoms with van der Waals surface area (Å²) < 4.78 is 10.7. The molecule has 8 heteroatoms. The third-order valence-corrected chi connectivity index (χ3v) is 4.69. The quantitative estimate of drug-likeness (QED) is 0.790. The molecule has 0 radical (unpaired) electrons. The average Bonchev–Trinajstić information content (AvgIpc) is 2.94. The minimum atomic E-state index is -0.163. The van der Waals surface area contributed by atoms with Crippen LogP contribution < -0.4 is 5.32 Å². The molecular formula is C18H28ClN5O2. The van der Waals surface area contributed by atoms with E-state index < -0.39 is 0 Å². The van der Waals surface area contributed by atoms with Gasteiger partial charge in [-0.3, -0.25) is 9.88 Å². The summed E-state index contributed by atoms with van der Waals surface area (Å²) in [4.78, 5) is 11.4. The van der Waals surface area contributed by atoms with Crippen LogP contribution in [0.2, 0.25) is 0 Å². The largest absolute Gasteiger partial charge is 0.374 e. The Hall–Kier alpha value is -1.54. The highest BCUT2D eigenvalue weighted by atomic mass is 35.5. The molecule has 2 unspecified atom stereocenters. The lowest BCUT2D eigenvalue weighted by Gasteiger charge is -2.29. The summed E-state index contributed by atoms with van der Waals surface area (Å²) >= 11 is 0. The minimum absolute atomic E-state index is 0. The van der Waals surface area contributed by atoms with E-state index in [2.05, 4.69) is 31.4 Å². The van der Waals surface area contributed by atoms with E-state index in [0.29, 0.717) is 24.3 Å². The highest BCUT2D eigenvalue weighted by molar-refractivity contribution is 5.85. The Morgan fingerprint density at radius 1 is 1.31 bits per heavy atom. The molecule has 3 rings (SSSR count). The summed E-state index contributed by atoms with van der Waals surface area (Å²) in [5, 5.41) is 7.52. The Morgan fingerprint density at radius 2 is 2.19 bits per heavy atom. The lowest BCUT2D eigenvalue weighted by Crippen LogP contribution is -2.35. The molecular weight excluding hydrogens is 354 g/mol. The van der Waals surface area contributed by atoms with E-state index in [9.17, 15) is 0 Å². The number of rotatable bonds is 7. The molecule has 0 saturated carbocycles. The van der Waals surface area contributed by atoms with Crippen molar-refractivity contribution in [2.75, 3.05) is 20.2 Å². The molecule has 144 valence electrons. The number of nitrogens with one attached hydrogen (secondary N) is 1. The molecule has 0 aromatic carbocycles. The Balaban J connectivity index is 0.00000243. The highest BCUT2D eigenvalue weighted by Crippen LogP contribution is 2.20. The van der Waals surface area contributed by atoms with Crippen LogP contribution in [-0.2, 0) is 17.8 Å². The Labute approximate surface area is 160 Å². The van der Waals surface area contributed by atoms with E-state index in [1.54, 1.807) is 7.11 Å². The van der Waals surface area contributed by atoms with Crippen LogP contribution in [0, 0.1) is 0 Å². The zero-order valence-electron chi connectivity index (χ0n) is 15.4. The van der Waals surface area contributed by atoms with Crippen molar-refractivity contribution >= 4 is 12.4 Å². The second-order valence-electron chi connectivity index (χ2n) is 6.49. The van der Waals surface area contributed by atoms with Crippen LogP contribution >= 0.6 is 12.4 Å². The molecule has 1 aliphatic rings. The molecule has 3 heterocycles. The first-order valence-electron chi connectivity index (χ1n) is 8.96. The van der Waals surface area contributed by atoms with E-state index in [1.807, 2.05) is 25.3 Å². The average molecular weight is 382 g/mol. The van der Waals surface area contributed by atoms with E-state index in [0.717, 1.165) is 38.2 Å². The molecule has 7 nitrogen and oxygen atoms in total. The SMILES string of the molecule is COC(C)c1noc(CN(Cc2ccccn2)C2CCCNCC2)n1.Cl. The second-order valence-corrected chi connectivity index (χ2v) is 6.49. The van der Waals surface area contributed by atoms with Crippen LogP contribution in [0.25, 0.3) is 0 Å². The van der Waals surface area contributed by atoms with Crippen molar-refractivity contribution in [3.05, 3.63) is 41.8 Å². The maximum Gasteiger partial charge on any atom is 0.240 e. The van der Waals surface area contributed by atoms with Gasteiger partial charge in [0.2, 0.25) is 5.89 Å². The minimum Gasteiger partial charge on any atom is -0.374 e. The second kappa shape index (κ2) is 10.6. The van der Waals surface area contributed by atoms with Gasteiger partial charge < -0.3 is 14.6 Å². The lowest BCUT2D eigenvalue weighted by atomic mass is 10.1. The molecule has 1 saturated heterocycles. The van der Waals surface area contributed by atoms with E-state index in [4.69, 9.17) is 9.26 Å². The number of hydrogen-bond acceptors (Lipinski definition) is 7. The fourth-order valence-corrected chi connectivity index (χ4v) is 3.16. The number of methoxy groups -OCH3 is 1. The first kappa shape index (κ1) is 20.8. The van der Waals surface area contributed by atoms with Gasteiger partial charge in [-0.1, -0.05) is 11.2 Å². The number of aromatic nitrogens is 3. The molecule has 0 amide bonds. The molecule has 1 fully saturated rings. The molecule has 2 atom stereocenters. The van der Waals surface area contributed by atoms with Gasteiger partial charge in [-0.25, -0.2) is 0 Å². The Kier molecular flexibility index (Phi) is 8.44. The first-order valence-corrected chi connectivity index (χ1v) is 8.96. The van der Waals surface area contributed by atoms with E-state index in [1.165, 1.54) is 6.42 Å². The topological polar surface area (TPSA) is 76.3 Å². The van der Waals surface area contributed by atoms with Crippen molar-refractivity contribution in [1.82, 2.24) is 25.3 Å². The molecule has 0 bridgehead atoms. The van der Waals surface area contributed by atoms with Crippen molar-refractivity contribution in [2.24, 2.45) is 0 Å². The monoisotopic (exact) mass is 381 g/mol. The van der Waals surface area contributed by atoms with Crippen LogP contribution in [0.4, 0.5) is 0 Å². The van der Waals surface area contributed by atoms with Gasteiger partial charge in [0.15, 0.2) is 5.82 Å². The van der Waals surface area contributed by atoms with Gasteiger partial charge in [-0.2, -0.15) is 4.98 Å². The maximum absolute atomic E-state index is 5.46. The zero-order chi connectivity index (χ0) is 17.5. The summed E-state index contributed by atoms with van der Waals surface area (Å²) in [6.07, 6.45) is 5.13.